The lowest BCUT2D eigenvalue weighted by Crippen LogP contribution is -2.52. The number of thiophene rings is 1. The van der Waals surface area contributed by atoms with Gasteiger partial charge in [-0.2, -0.15) is 0 Å². The first kappa shape index (κ1) is 25.5. The minimum atomic E-state index is -1.51. The SMILES string of the molecule is CN1CCC(NC(=O)c2sc3c(N)ccc4c3c2C(N)C(=O)C4(N)c2ccc(Oc3ccccc3)cc2)CC1. The monoisotopic (exact) mass is 541 g/mol. The average molecular weight is 542 g/mol. The second-order valence-corrected chi connectivity index (χ2v) is 11.4. The molecule has 0 spiro atoms. The smallest absolute Gasteiger partial charge is 0.261 e. The number of nitrogen functional groups attached to an aromatic ring is 1. The van der Waals surface area contributed by atoms with Crippen molar-refractivity contribution in [2.75, 3.05) is 25.9 Å². The molecule has 1 aromatic heterocycles. The number of benzene rings is 3. The number of Topliss-reactive ketones (excluding diaryl/α,β-unsaturated/α-hetero) is 1. The zero-order chi connectivity index (χ0) is 27.3. The third-order valence-electron chi connectivity index (χ3n) is 7.86. The second kappa shape index (κ2) is 9.77. The summed E-state index contributed by atoms with van der Waals surface area (Å²) in [6.07, 6.45) is 1.74. The number of ketones is 1. The molecule has 2 atom stereocenters. The molecule has 6 rings (SSSR count). The molecule has 7 N–H and O–H groups in total. The average Bonchev–Trinajstić information content (AvgIpc) is 3.36. The molecule has 0 bridgehead atoms. The molecule has 9 heteroatoms. The quantitative estimate of drug-likeness (QED) is 0.281. The molecule has 3 aromatic carbocycles. The van der Waals surface area contributed by atoms with Crippen LogP contribution in [-0.4, -0.2) is 42.8 Å². The maximum atomic E-state index is 14.0. The number of rotatable bonds is 5. The summed E-state index contributed by atoms with van der Waals surface area (Å²) in [6, 6.07) is 19.1. The number of anilines is 1. The van der Waals surface area contributed by atoms with Crippen molar-refractivity contribution in [1.29, 1.82) is 0 Å². The van der Waals surface area contributed by atoms with Crippen LogP contribution in [0.15, 0.2) is 66.7 Å². The standard InChI is InChI=1S/C30H31N5O3S/c1-35-15-13-18(14-16-35)34-29(37)27-24-23-21(11-12-22(31)26(23)39-27)30(33,28(36)25(24)32)17-7-9-20(10-8-17)38-19-5-3-2-4-6-19/h2-12,18,25H,13-16,31-33H2,1H3,(H,34,37). The van der Waals surface area contributed by atoms with Crippen LogP contribution in [0.3, 0.4) is 0 Å². The van der Waals surface area contributed by atoms with Crippen LogP contribution in [0.5, 0.6) is 11.5 Å². The normalized spacial score (nSPS) is 21.7. The molecule has 1 saturated heterocycles. The Morgan fingerprint density at radius 3 is 2.38 bits per heavy atom. The number of likely N-dealkylation sites (tertiary alicyclic amines) is 1. The fraction of sp³-hybridized carbons (Fsp3) is 0.267. The zero-order valence-electron chi connectivity index (χ0n) is 21.6. The fourth-order valence-corrected chi connectivity index (χ4v) is 6.86. The molecule has 2 heterocycles. The third kappa shape index (κ3) is 4.28. The highest BCUT2D eigenvalue weighted by Gasteiger charge is 2.48. The van der Waals surface area contributed by atoms with E-state index >= 15 is 0 Å². The molecule has 0 saturated carbocycles. The van der Waals surface area contributed by atoms with Gasteiger partial charge in [0.1, 0.15) is 17.0 Å². The predicted octanol–water partition coefficient (Wildman–Crippen LogP) is 3.88. The van der Waals surface area contributed by atoms with E-state index in [1.54, 1.807) is 36.4 Å². The molecule has 39 heavy (non-hydrogen) atoms. The van der Waals surface area contributed by atoms with Crippen LogP contribution in [0.25, 0.3) is 10.1 Å². The van der Waals surface area contributed by atoms with Crippen LogP contribution in [-0.2, 0) is 10.3 Å². The number of hydrogen-bond donors (Lipinski definition) is 4. The van der Waals surface area contributed by atoms with E-state index in [4.69, 9.17) is 21.9 Å². The van der Waals surface area contributed by atoms with Crippen molar-refractivity contribution in [3.63, 3.8) is 0 Å². The summed E-state index contributed by atoms with van der Waals surface area (Å²) in [5.74, 6) is 0.733. The number of nitrogens with two attached hydrogens (primary N) is 3. The van der Waals surface area contributed by atoms with E-state index in [2.05, 4.69) is 17.3 Å². The van der Waals surface area contributed by atoms with Gasteiger partial charge in [0.25, 0.3) is 5.91 Å². The maximum Gasteiger partial charge on any atom is 0.261 e. The minimum Gasteiger partial charge on any atom is -0.457 e. The third-order valence-corrected chi connectivity index (χ3v) is 9.12. The lowest BCUT2D eigenvalue weighted by molar-refractivity contribution is -0.124. The van der Waals surface area contributed by atoms with E-state index in [0.717, 1.165) is 30.6 Å². The Morgan fingerprint density at radius 1 is 1.03 bits per heavy atom. The molecule has 2 aliphatic rings. The summed E-state index contributed by atoms with van der Waals surface area (Å²) >= 11 is 1.28. The van der Waals surface area contributed by atoms with E-state index in [0.29, 0.717) is 44.1 Å². The van der Waals surface area contributed by atoms with Crippen LogP contribution in [0.2, 0.25) is 0 Å². The van der Waals surface area contributed by atoms with Crippen molar-refractivity contribution >= 4 is 38.8 Å². The first-order valence-corrected chi connectivity index (χ1v) is 13.9. The van der Waals surface area contributed by atoms with Gasteiger partial charge in [-0.3, -0.25) is 9.59 Å². The van der Waals surface area contributed by atoms with Gasteiger partial charge in [0.2, 0.25) is 0 Å². The molecule has 8 nitrogen and oxygen atoms in total. The first-order chi connectivity index (χ1) is 18.8. The molecule has 1 amide bonds. The van der Waals surface area contributed by atoms with Crippen molar-refractivity contribution in [2.45, 2.75) is 30.5 Å². The molecule has 1 fully saturated rings. The number of amides is 1. The molecular formula is C30H31N5O3S. The number of nitrogens with one attached hydrogen (secondary N) is 1. The molecule has 2 unspecified atom stereocenters. The van der Waals surface area contributed by atoms with E-state index in [-0.39, 0.29) is 17.7 Å². The fourth-order valence-electron chi connectivity index (χ4n) is 5.66. The number of nitrogens with zero attached hydrogens (tertiary/aromatic N) is 1. The topological polar surface area (TPSA) is 137 Å². The lowest BCUT2D eigenvalue weighted by atomic mass is 9.70. The van der Waals surface area contributed by atoms with Gasteiger partial charge >= 0.3 is 0 Å². The Labute approximate surface area is 230 Å². The highest BCUT2D eigenvalue weighted by molar-refractivity contribution is 7.21. The number of carbonyl (C=O) groups excluding carboxylic acids is 2. The maximum absolute atomic E-state index is 14.0. The molecule has 1 aliphatic heterocycles. The second-order valence-electron chi connectivity index (χ2n) is 10.4. The Hall–Kier alpha value is -3.76. The highest BCUT2D eigenvalue weighted by atomic mass is 32.1. The van der Waals surface area contributed by atoms with Crippen LogP contribution in [0, 0.1) is 0 Å². The molecule has 4 aromatic rings. The number of ether oxygens (including phenoxy) is 1. The summed E-state index contributed by atoms with van der Waals surface area (Å²) in [4.78, 5) is 30.1. The summed E-state index contributed by atoms with van der Waals surface area (Å²) in [5, 5.41) is 3.86. The van der Waals surface area contributed by atoms with E-state index in [1.807, 2.05) is 30.3 Å². The highest BCUT2D eigenvalue weighted by Crippen LogP contribution is 2.49. The van der Waals surface area contributed by atoms with Crippen molar-refractivity contribution < 1.29 is 14.3 Å². The molecule has 0 radical (unpaired) electrons. The van der Waals surface area contributed by atoms with Gasteiger partial charge in [0.15, 0.2) is 5.78 Å². The van der Waals surface area contributed by atoms with Gasteiger partial charge in [0.05, 0.1) is 15.6 Å². The van der Waals surface area contributed by atoms with Gasteiger partial charge < -0.3 is 32.2 Å². The first-order valence-electron chi connectivity index (χ1n) is 13.0. The van der Waals surface area contributed by atoms with Gasteiger partial charge in [-0.15, -0.1) is 11.3 Å². The van der Waals surface area contributed by atoms with Gasteiger partial charge in [-0.05, 0) is 74.4 Å². The van der Waals surface area contributed by atoms with Crippen LogP contribution in [0.1, 0.15) is 45.2 Å². The Kier molecular flexibility index (Phi) is 6.39. The van der Waals surface area contributed by atoms with E-state index < -0.39 is 11.6 Å². The predicted molar refractivity (Wildman–Crippen MR) is 154 cm³/mol. The van der Waals surface area contributed by atoms with Gasteiger partial charge in [-0.1, -0.05) is 36.4 Å². The Balaban J connectivity index is 1.39. The summed E-state index contributed by atoms with van der Waals surface area (Å²) < 4.78 is 6.64. The Morgan fingerprint density at radius 2 is 1.69 bits per heavy atom. The largest absolute Gasteiger partial charge is 0.457 e. The van der Waals surface area contributed by atoms with Crippen molar-refractivity contribution in [1.82, 2.24) is 10.2 Å². The molecular weight excluding hydrogens is 510 g/mol. The summed E-state index contributed by atoms with van der Waals surface area (Å²) in [7, 11) is 2.08. The van der Waals surface area contributed by atoms with Crippen LogP contribution in [0.4, 0.5) is 5.69 Å². The van der Waals surface area contributed by atoms with Gasteiger partial charge in [-0.25, -0.2) is 0 Å². The van der Waals surface area contributed by atoms with Crippen LogP contribution < -0.4 is 27.3 Å². The van der Waals surface area contributed by atoms with Crippen LogP contribution >= 0.6 is 11.3 Å². The zero-order valence-corrected chi connectivity index (χ0v) is 22.5. The van der Waals surface area contributed by atoms with Crippen molar-refractivity contribution in [2.24, 2.45) is 11.5 Å². The molecule has 1 aliphatic carbocycles. The number of piperidine rings is 1. The minimum absolute atomic E-state index is 0.0728. The van der Waals surface area contributed by atoms with Gasteiger partial charge in [0, 0.05) is 22.7 Å². The molecule has 200 valence electrons. The Bertz CT molecular complexity index is 1560. The van der Waals surface area contributed by atoms with Crippen molar-refractivity contribution in [3.05, 3.63) is 88.3 Å². The number of carbonyl (C=O) groups is 2. The number of hydrogen-bond acceptors (Lipinski definition) is 8. The van der Waals surface area contributed by atoms with Crippen molar-refractivity contribution in [3.8, 4) is 11.5 Å². The van der Waals surface area contributed by atoms with E-state index in [1.165, 1.54) is 11.3 Å². The summed E-state index contributed by atoms with van der Waals surface area (Å²) in [5.41, 5.74) is 20.7. The lowest BCUT2D eigenvalue weighted by Gasteiger charge is -2.36. The number of para-hydroxylation sites is 1. The summed E-state index contributed by atoms with van der Waals surface area (Å²) in [6.45, 7) is 1.84. The van der Waals surface area contributed by atoms with E-state index in [9.17, 15) is 9.59 Å².